The molecule has 3 nitrogen and oxygen atoms in total. The SMILES string of the molecule is O=C(CCCS(=O)(=O)c1cccs1)c1ccc(F)cc1. The summed E-state index contributed by atoms with van der Waals surface area (Å²) in [5.74, 6) is -0.631. The fourth-order valence-electron chi connectivity index (χ4n) is 1.74. The normalized spacial score (nSPS) is 11.4. The van der Waals surface area contributed by atoms with Gasteiger partial charge in [-0.25, -0.2) is 12.8 Å². The number of thiophene rings is 1. The van der Waals surface area contributed by atoms with E-state index in [1.54, 1.807) is 17.5 Å². The molecule has 0 saturated heterocycles. The third-order valence-corrected chi connectivity index (χ3v) is 6.07. The average molecular weight is 312 g/mol. The van der Waals surface area contributed by atoms with E-state index < -0.39 is 15.7 Å². The van der Waals surface area contributed by atoms with Crippen LogP contribution < -0.4 is 0 Å². The van der Waals surface area contributed by atoms with Crippen LogP contribution in [0.25, 0.3) is 0 Å². The van der Waals surface area contributed by atoms with Crippen molar-refractivity contribution < 1.29 is 17.6 Å². The first-order valence-electron chi connectivity index (χ1n) is 6.04. The van der Waals surface area contributed by atoms with Crippen molar-refractivity contribution in [3.8, 4) is 0 Å². The Bertz CT molecular complexity index is 674. The second-order valence-electron chi connectivity index (χ2n) is 4.28. The summed E-state index contributed by atoms with van der Waals surface area (Å²) in [4.78, 5) is 11.8. The summed E-state index contributed by atoms with van der Waals surface area (Å²) in [5.41, 5.74) is 0.403. The van der Waals surface area contributed by atoms with Gasteiger partial charge in [0.05, 0.1) is 5.75 Å². The Labute approximate surface area is 121 Å². The predicted molar refractivity (Wildman–Crippen MR) is 76.3 cm³/mol. The van der Waals surface area contributed by atoms with Crippen molar-refractivity contribution in [2.45, 2.75) is 17.1 Å². The summed E-state index contributed by atoms with van der Waals surface area (Å²) >= 11 is 1.17. The van der Waals surface area contributed by atoms with Crippen LogP contribution in [0.5, 0.6) is 0 Å². The zero-order valence-electron chi connectivity index (χ0n) is 10.6. The maximum Gasteiger partial charge on any atom is 0.187 e. The lowest BCUT2D eigenvalue weighted by molar-refractivity contribution is 0.0982. The second kappa shape index (κ2) is 6.28. The van der Waals surface area contributed by atoms with Gasteiger partial charge in [0.2, 0.25) is 0 Å². The summed E-state index contributed by atoms with van der Waals surface area (Å²) in [6.07, 6.45) is 0.396. The van der Waals surface area contributed by atoms with Gasteiger partial charge in [-0.3, -0.25) is 4.79 Å². The summed E-state index contributed by atoms with van der Waals surface area (Å²) in [7, 11) is -3.30. The molecule has 106 valence electrons. The summed E-state index contributed by atoms with van der Waals surface area (Å²) in [6, 6.07) is 8.49. The molecule has 0 N–H and O–H groups in total. The van der Waals surface area contributed by atoms with Gasteiger partial charge < -0.3 is 0 Å². The second-order valence-corrected chi connectivity index (χ2v) is 7.57. The third-order valence-electron chi connectivity index (χ3n) is 2.78. The van der Waals surface area contributed by atoms with Crippen molar-refractivity contribution in [2.24, 2.45) is 0 Å². The molecule has 0 bridgehead atoms. The fourth-order valence-corrected chi connectivity index (χ4v) is 4.21. The molecule has 0 saturated carbocycles. The Hall–Kier alpha value is -1.53. The lowest BCUT2D eigenvalue weighted by Crippen LogP contribution is -2.08. The topological polar surface area (TPSA) is 51.2 Å². The first kappa shape index (κ1) is 14.9. The molecule has 0 radical (unpaired) electrons. The van der Waals surface area contributed by atoms with E-state index in [2.05, 4.69) is 0 Å². The smallest absolute Gasteiger partial charge is 0.187 e. The standard InChI is InChI=1S/C14H13FO3S2/c15-12-7-5-11(6-8-12)13(16)3-2-10-20(17,18)14-4-1-9-19-14/h1,4-9H,2-3,10H2. The van der Waals surface area contributed by atoms with Gasteiger partial charge >= 0.3 is 0 Å². The van der Waals surface area contributed by atoms with Gasteiger partial charge in [0.15, 0.2) is 15.6 Å². The summed E-state index contributed by atoms with van der Waals surface area (Å²) < 4.78 is 36.9. The van der Waals surface area contributed by atoms with Crippen molar-refractivity contribution in [2.75, 3.05) is 5.75 Å². The van der Waals surface area contributed by atoms with Gasteiger partial charge in [-0.2, -0.15) is 0 Å². The summed E-state index contributed by atoms with van der Waals surface area (Å²) in [6.45, 7) is 0. The first-order chi connectivity index (χ1) is 9.49. The molecule has 0 amide bonds. The van der Waals surface area contributed by atoms with E-state index >= 15 is 0 Å². The third kappa shape index (κ3) is 3.74. The summed E-state index contributed by atoms with van der Waals surface area (Å²) in [5, 5.41) is 1.70. The van der Waals surface area contributed by atoms with Crippen molar-refractivity contribution in [1.29, 1.82) is 0 Å². The van der Waals surface area contributed by atoms with E-state index in [9.17, 15) is 17.6 Å². The number of Topliss-reactive ketones (excluding diaryl/α,β-unsaturated/α-hetero) is 1. The van der Waals surface area contributed by atoms with Crippen LogP contribution >= 0.6 is 11.3 Å². The van der Waals surface area contributed by atoms with E-state index in [0.717, 1.165) is 0 Å². The number of benzene rings is 1. The molecule has 0 aliphatic heterocycles. The van der Waals surface area contributed by atoms with E-state index in [4.69, 9.17) is 0 Å². The van der Waals surface area contributed by atoms with Crippen molar-refractivity contribution >= 4 is 27.0 Å². The average Bonchev–Trinajstić information content (AvgIpc) is 2.94. The number of sulfone groups is 1. The molecule has 0 fully saturated rings. The van der Waals surface area contributed by atoms with Crippen molar-refractivity contribution in [3.05, 3.63) is 53.2 Å². The maximum atomic E-state index is 12.7. The van der Waals surface area contributed by atoms with Gasteiger partial charge in [-0.15, -0.1) is 11.3 Å². The van der Waals surface area contributed by atoms with E-state index in [0.29, 0.717) is 9.77 Å². The van der Waals surface area contributed by atoms with Crippen LogP contribution in [-0.2, 0) is 9.84 Å². The number of hydrogen-bond acceptors (Lipinski definition) is 4. The van der Waals surface area contributed by atoms with Crippen LogP contribution in [0, 0.1) is 5.82 Å². The molecule has 0 aliphatic rings. The molecule has 0 atom stereocenters. The van der Waals surface area contributed by atoms with Gasteiger partial charge in [0.25, 0.3) is 0 Å². The van der Waals surface area contributed by atoms with Crippen LogP contribution in [0.1, 0.15) is 23.2 Å². The quantitative estimate of drug-likeness (QED) is 0.769. The lowest BCUT2D eigenvalue weighted by Gasteiger charge is -2.02. The van der Waals surface area contributed by atoms with E-state index in [-0.39, 0.29) is 24.4 Å². The van der Waals surface area contributed by atoms with Crippen LogP contribution in [0.4, 0.5) is 4.39 Å². The lowest BCUT2D eigenvalue weighted by atomic mass is 10.1. The number of hydrogen-bond donors (Lipinski definition) is 0. The van der Waals surface area contributed by atoms with Gasteiger partial charge in [-0.05, 0) is 42.1 Å². The predicted octanol–water partition coefficient (Wildman–Crippen LogP) is 3.32. The van der Waals surface area contributed by atoms with Gasteiger partial charge in [0, 0.05) is 12.0 Å². The Morgan fingerprint density at radius 2 is 1.85 bits per heavy atom. The molecule has 2 rings (SSSR count). The molecule has 1 aromatic carbocycles. The molecule has 20 heavy (non-hydrogen) atoms. The van der Waals surface area contributed by atoms with Crippen molar-refractivity contribution in [3.63, 3.8) is 0 Å². The molecule has 1 heterocycles. The number of rotatable bonds is 6. The fraction of sp³-hybridized carbons (Fsp3) is 0.214. The minimum atomic E-state index is -3.30. The molecular formula is C14H13FO3S2. The largest absolute Gasteiger partial charge is 0.294 e. The Morgan fingerprint density at radius 1 is 1.15 bits per heavy atom. The highest BCUT2D eigenvalue weighted by Gasteiger charge is 2.16. The minimum Gasteiger partial charge on any atom is -0.294 e. The minimum absolute atomic E-state index is 0.0551. The number of ketones is 1. The number of carbonyl (C=O) groups is 1. The molecule has 0 spiro atoms. The molecule has 1 aromatic heterocycles. The molecular weight excluding hydrogens is 299 g/mol. The number of halogens is 1. The first-order valence-corrected chi connectivity index (χ1v) is 8.57. The Morgan fingerprint density at radius 3 is 2.45 bits per heavy atom. The Balaban J connectivity index is 1.90. The monoisotopic (exact) mass is 312 g/mol. The Kier molecular flexibility index (Phi) is 4.67. The molecule has 6 heteroatoms. The van der Waals surface area contributed by atoms with Crippen molar-refractivity contribution in [1.82, 2.24) is 0 Å². The number of carbonyl (C=O) groups excluding carboxylic acids is 1. The van der Waals surface area contributed by atoms with Crippen LogP contribution in [-0.4, -0.2) is 20.0 Å². The van der Waals surface area contributed by atoms with Crippen LogP contribution in [0.2, 0.25) is 0 Å². The molecule has 2 aromatic rings. The zero-order valence-corrected chi connectivity index (χ0v) is 12.2. The molecule has 0 aliphatic carbocycles. The molecule has 0 unspecified atom stereocenters. The zero-order chi connectivity index (χ0) is 14.6. The van der Waals surface area contributed by atoms with Gasteiger partial charge in [0.1, 0.15) is 10.0 Å². The highest BCUT2D eigenvalue weighted by Crippen LogP contribution is 2.19. The highest BCUT2D eigenvalue weighted by molar-refractivity contribution is 7.93. The van der Waals surface area contributed by atoms with E-state index in [1.807, 2.05) is 0 Å². The highest BCUT2D eigenvalue weighted by atomic mass is 32.2. The van der Waals surface area contributed by atoms with E-state index in [1.165, 1.54) is 35.6 Å². The van der Waals surface area contributed by atoms with Crippen LogP contribution in [0.15, 0.2) is 46.0 Å². The van der Waals surface area contributed by atoms with Crippen LogP contribution in [0.3, 0.4) is 0 Å². The van der Waals surface area contributed by atoms with Gasteiger partial charge in [-0.1, -0.05) is 6.07 Å². The maximum absolute atomic E-state index is 12.7.